The second-order valence-electron chi connectivity index (χ2n) is 6.72. The Labute approximate surface area is 138 Å². The summed E-state index contributed by atoms with van der Waals surface area (Å²) in [7, 11) is 0. The molecule has 1 heteroatoms. The Bertz CT molecular complexity index is 822. The SMILES string of the molecule is CC(C)C1C=Cc2cc(C3=CC(c4ccccn4)=CC3)ccc21. The van der Waals surface area contributed by atoms with Crippen molar-refractivity contribution in [2.45, 2.75) is 26.2 Å². The molecule has 0 N–H and O–H groups in total. The van der Waals surface area contributed by atoms with Gasteiger partial charge in [-0.1, -0.05) is 50.3 Å². The minimum atomic E-state index is 0.568. The molecule has 1 nitrogen and oxygen atoms in total. The van der Waals surface area contributed by atoms with Crippen molar-refractivity contribution in [3.05, 3.63) is 83.2 Å². The first-order chi connectivity index (χ1) is 11.2. The first-order valence-corrected chi connectivity index (χ1v) is 8.37. The van der Waals surface area contributed by atoms with Gasteiger partial charge in [-0.25, -0.2) is 0 Å². The van der Waals surface area contributed by atoms with Gasteiger partial charge < -0.3 is 0 Å². The summed E-state index contributed by atoms with van der Waals surface area (Å²) in [6.45, 7) is 4.58. The van der Waals surface area contributed by atoms with Crippen LogP contribution in [0.5, 0.6) is 0 Å². The Morgan fingerprint density at radius 2 is 2.04 bits per heavy atom. The number of hydrogen-bond donors (Lipinski definition) is 0. The van der Waals surface area contributed by atoms with Gasteiger partial charge in [0.1, 0.15) is 0 Å². The third-order valence-electron chi connectivity index (χ3n) is 4.85. The quantitative estimate of drug-likeness (QED) is 0.706. The van der Waals surface area contributed by atoms with Gasteiger partial charge in [-0.2, -0.15) is 0 Å². The van der Waals surface area contributed by atoms with E-state index in [9.17, 15) is 0 Å². The molecule has 23 heavy (non-hydrogen) atoms. The van der Waals surface area contributed by atoms with E-state index in [1.807, 2.05) is 18.3 Å². The van der Waals surface area contributed by atoms with E-state index >= 15 is 0 Å². The Kier molecular flexibility index (Phi) is 3.49. The van der Waals surface area contributed by atoms with Crippen LogP contribution in [0.1, 0.15) is 48.6 Å². The number of aromatic nitrogens is 1. The van der Waals surface area contributed by atoms with Gasteiger partial charge in [0.15, 0.2) is 0 Å². The normalized spacial score (nSPS) is 19.0. The van der Waals surface area contributed by atoms with Crippen molar-refractivity contribution in [1.82, 2.24) is 4.98 Å². The molecule has 1 unspecified atom stereocenters. The summed E-state index contributed by atoms with van der Waals surface area (Å²) in [5.74, 6) is 1.22. The highest BCUT2D eigenvalue weighted by atomic mass is 14.7. The zero-order chi connectivity index (χ0) is 15.8. The fourth-order valence-electron chi connectivity index (χ4n) is 3.55. The Hall–Kier alpha value is -2.41. The fourth-order valence-corrected chi connectivity index (χ4v) is 3.55. The molecular formula is C22H21N. The van der Waals surface area contributed by atoms with Crippen LogP contribution in [0.4, 0.5) is 0 Å². The predicted octanol–water partition coefficient (Wildman–Crippen LogP) is 5.72. The van der Waals surface area contributed by atoms with Crippen molar-refractivity contribution >= 4 is 17.2 Å². The number of hydrogen-bond acceptors (Lipinski definition) is 1. The average molecular weight is 299 g/mol. The number of allylic oxidation sites excluding steroid dienone is 5. The van der Waals surface area contributed by atoms with Crippen LogP contribution in [-0.4, -0.2) is 4.98 Å². The summed E-state index contributed by atoms with van der Waals surface area (Å²) in [5.41, 5.74) is 7.86. The highest BCUT2D eigenvalue weighted by Crippen LogP contribution is 2.38. The van der Waals surface area contributed by atoms with Crippen LogP contribution in [0.2, 0.25) is 0 Å². The van der Waals surface area contributed by atoms with Crippen LogP contribution in [0, 0.1) is 5.92 Å². The van der Waals surface area contributed by atoms with Gasteiger partial charge in [0.05, 0.1) is 5.69 Å². The lowest BCUT2D eigenvalue weighted by Crippen LogP contribution is -2.01. The van der Waals surface area contributed by atoms with E-state index in [0.717, 1.165) is 12.1 Å². The minimum Gasteiger partial charge on any atom is -0.256 e. The van der Waals surface area contributed by atoms with Crippen molar-refractivity contribution in [3.8, 4) is 0 Å². The topological polar surface area (TPSA) is 12.9 Å². The molecule has 0 saturated heterocycles. The Morgan fingerprint density at radius 3 is 2.83 bits per heavy atom. The lowest BCUT2D eigenvalue weighted by Gasteiger charge is -2.15. The summed E-state index contributed by atoms with van der Waals surface area (Å²) < 4.78 is 0. The fraction of sp³-hybridized carbons (Fsp3) is 0.227. The molecule has 2 aromatic rings. The van der Waals surface area contributed by atoms with Crippen molar-refractivity contribution in [1.29, 1.82) is 0 Å². The molecule has 0 amide bonds. The Morgan fingerprint density at radius 1 is 1.13 bits per heavy atom. The van der Waals surface area contributed by atoms with E-state index in [1.54, 1.807) is 0 Å². The summed E-state index contributed by atoms with van der Waals surface area (Å²) in [5, 5.41) is 0. The van der Waals surface area contributed by atoms with Crippen molar-refractivity contribution in [2.75, 3.05) is 0 Å². The third-order valence-corrected chi connectivity index (χ3v) is 4.85. The standard InChI is InChI=1S/C22H21N/c1-15(2)20-10-9-18-13-17(8-11-21(18)20)16-6-7-19(14-16)22-5-3-4-12-23-22/h3-5,7-15,20H,6H2,1-2H3. The molecule has 1 aromatic carbocycles. The smallest absolute Gasteiger partial charge is 0.0698 e. The van der Waals surface area contributed by atoms with Gasteiger partial charge >= 0.3 is 0 Å². The molecule has 114 valence electrons. The molecule has 0 radical (unpaired) electrons. The second-order valence-corrected chi connectivity index (χ2v) is 6.72. The largest absolute Gasteiger partial charge is 0.256 e. The van der Waals surface area contributed by atoms with Crippen LogP contribution in [0.3, 0.4) is 0 Å². The van der Waals surface area contributed by atoms with Gasteiger partial charge in [-0.05, 0) is 64.5 Å². The summed E-state index contributed by atoms with van der Waals surface area (Å²) in [4.78, 5) is 4.45. The van der Waals surface area contributed by atoms with Crippen LogP contribution in [0.15, 0.2) is 60.8 Å². The molecule has 1 atom stereocenters. The third kappa shape index (κ3) is 2.57. The van der Waals surface area contributed by atoms with E-state index < -0.39 is 0 Å². The van der Waals surface area contributed by atoms with Crippen LogP contribution in [0.25, 0.3) is 17.2 Å². The molecule has 1 heterocycles. The van der Waals surface area contributed by atoms with Crippen molar-refractivity contribution in [3.63, 3.8) is 0 Å². The molecule has 0 fully saturated rings. The van der Waals surface area contributed by atoms with Crippen LogP contribution in [-0.2, 0) is 0 Å². The molecular weight excluding hydrogens is 278 g/mol. The molecule has 2 aliphatic carbocycles. The molecule has 4 rings (SSSR count). The molecule has 0 saturated carbocycles. The van der Waals surface area contributed by atoms with Gasteiger partial charge in [-0.15, -0.1) is 0 Å². The molecule has 0 bridgehead atoms. The Balaban J connectivity index is 1.63. The summed E-state index contributed by atoms with van der Waals surface area (Å²) in [6.07, 6.45) is 12.0. The van der Waals surface area contributed by atoms with Gasteiger partial charge in [0, 0.05) is 12.1 Å². The number of benzene rings is 1. The van der Waals surface area contributed by atoms with E-state index in [2.05, 4.69) is 67.4 Å². The van der Waals surface area contributed by atoms with E-state index in [4.69, 9.17) is 0 Å². The zero-order valence-electron chi connectivity index (χ0n) is 13.7. The maximum Gasteiger partial charge on any atom is 0.0698 e. The first-order valence-electron chi connectivity index (χ1n) is 8.37. The lowest BCUT2D eigenvalue weighted by atomic mass is 9.89. The lowest BCUT2D eigenvalue weighted by molar-refractivity contribution is 0.584. The predicted molar refractivity (Wildman–Crippen MR) is 97.9 cm³/mol. The van der Waals surface area contributed by atoms with E-state index in [-0.39, 0.29) is 0 Å². The van der Waals surface area contributed by atoms with E-state index in [1.165, 1.54) is 27.8 Å². The average Bonchev–Trinajstić information content (AvgIpc) is 3.22. The van der Waals surface area contributed by atoms with E-state index in [0.29, 0.717) is 11.8 Å². The van der Waals surface area contributed by atoms with Crippen LogP contribution >= 0.6 is 0 Å². The zero-order valence-corrected chi connectivity index (χ0v) is 13.7. The maximum absolute atomic E-state index is 4.45. The number of rotatable bonds is 3. The van der Waals surface area contributed by atoms with Gasteiger partial charge in [0.25, 0.3) is 0 Å². The second kappa shape index (κ2) is 5.66. The summed E-state index contributed by atoms with van der Waals surface area (Å²) >= 11 is 0. The van der Waals surface area contributed by atoms with Crippen molar-refractivity contribution < 1.29 is 0 Å². The maximum atomic E-state index is 4.45. The monoisotopic (exact) mass is 299 g/mol. The van der Waals surface area contributed by atoms with Gasteiger partial charge in [-0.3, -0.25) is 4.98 Å². The first kappa shape index (κ1) is 14.2. The molecule has 2 aliphatic rings. The van der Waals surface area contributed by atoms with Crippen LogP contribution < -0.4 is 0 Å². The highest BCUT2D eigenvalue weighted by molar-refractivity contribution is 5.89. The number of fused-ring (bicyclic) bond motifs is 1. The highest BCUT2D eigenvalue weighted by Gasteiger charge is 2.21. The molecule has 0 aliphatic heterocycles. The minimum absolute atomic E-state index is 0.568. The molecule has 0 spiro atoms. The number of nitrogens with zero attached hydrogens (tertiary/aromatic N) is 1. The summed E-state index contributed by atoms with van der Waals surface area (Å²) in [6, 6.07) is 13.0. The molecule has 1 aromatic heterocycles. The number of pyridine rings is 1. The van der Waals surface area contributed by atoms with Crippen molar-refractivity contribution in [2.24, 2.45) is 5.92 Å². The van der Waals surface area contributed by atoms with Gasteiger partial charge in [0.2, 0.25) is 0 Å².